The lowest BCUT2D eigenvalue weighted by Crippen LogP contribution is -2.10. The Morgan fingerprint density at radius 1 is 1.15 bits per heavy atom. The first-order valence-corrected chi connectivity index (χ1v) is 6.55. The molecule has 0 spiro atoms. The molecule has 0 bridgehead atoms. The Balaban J connectivity index is 2.14. The minimum Gasteiger partial charge on any atom is -0.462 e. The van der Waals surface area contributed by atoms with E-state index in [0.29, 0.717) is 18.7 Å². The molecular weight excluding hydrogens is 252 g/mol. The summed E-state index contributed by atoms with van der Waals surface area (Å²) < 4.78 is 5.04. The number of nitrogens with one attached hydrogen (secondary N) is 1. The minimum atomic E-state index is -0.323. The summed E-state index contributed by atoms with van der Waals surface area (Å²) in [7, 11) is 0. The second-order valence-corrected chi connectivity index (χ2v) is 4.32. The van der Waals surface area contributed by atoms with Crippen molar-refractivity contribution in [3.8, 4) is 0 Å². The average Bonchev–Trinajstić information content (AvgIpc) is 2.47. The summed E-state index contributed by atoms with van der Waals surface area (Å²) >= 11 is 0. The number of benzene rings is 2. The fourth-order valence-corrected chi connectivity index (χ4v) is 1.91. The van der Waals surface area contributed by atoms with Gasteiger partial charge in [0.2, 0.25) is 0 Å². The van der Waals surface area contributed by atoms with Crippen molar-refractivity contribution in [1.29, 1.82) is 0 Å². The Morgan fingerprint density at radius 2 is 1.85 bits per heavy atom. The highest BCUT2D eigenvalue weighted by Crippen LogP contribution is 2.19. The van der Waals surface area contributed by atoms with Crippen LogP contribution in [0.4, 0.5) is 11.4 Å². The zero-order valence-corrected chi connectivity index (χ0v) is 11.4. The predicted molar refractivity (Wildman–Crippen MR) is 80.6 cm³/mol. The van der Waals surface area contributed by atoms with E-state index in [-0.39, 0.29) is 5.97 Å². The summed E-state index contributed by atoms with van der Waals surface area (Å²) in [4.78, 5) is 11.9. The lowest BCUT2D eigenvalue weighted by atomic mass is 10.1. The van der Waals surface area contributed by atoms with Crippen LogP contribution >= 0.6 is 0 Å². The van der Waals surface area contributed by atoms with Crippen molar-refractivity contribution in [3.05, 3.63) is 59.7 Å². The van der Waals surface area contributed by atoms with Crippen LogP contribution in [0.5, 0.6) is 0 Å². The number of hydrogen-bond acceptors (Lipinski definition) is 4. The van der Waals surface area contributed by atoms with Crippen LogP contribution in [-0.4, -0.2) is 12.6 Å². The molecule has 2 aromatic carbocycles. The molecule has 0 aliphatic carbocycles. The van der Waals surface area contributed by atoms with Gasteiger partial charge in [0.15, 0.2) is 0 Å². The molecule has 0 saturated heterocycles. The van der Waals surface area contributed by atoms with E-state index in [9.17, 15) is 4.79 Å². The summed E-state index contributed by atoms with van der Waals surface area (Å²) in [5.41, 5.74) is 8.90. The van der Waals surface area contributed by atoms with Crippen LogP contribution in [0, 0.1) is 0 Å². The van der Waals surface area contributed by atoms with Gasteiger partial charge in [-0.1, -0.05) is 30.3 Å². The third-order valence-corrected chi connectivity index (χ3v) is 2.95. The summed E-state index contributed by atoms with van der Waals surface area (Å²) in [6.45, 7) is 2.71. The third-order valence-electron chi connectivity index (χ3n) is 2.95. The Kier molecular flexibility index (Phi) is 4.60. The number of nitrogen functional groups attached to an aromatic ring is 1. The highest BCUT2D eigenvalue weighted by Gasteiger charge is 2.11. The molecule has 0 atom stereocenters. The molecule has 0 aliphatic heterocycles. The number of carbonyl (C=O) groups is 1. The van der Waals surface area contributed by atoms with Crippen molar-refractivity contribution >= 4 is 17.3 Å². The number of anilines is 2. The van der Waals surface area contributed by atoms with Gasteiger partial charge in [0.05, 0.1) is 12.2 Å². The fourth-order valence-electron chi connectivity index (χ4n) is 1.91. The van der Waals surface area contributed by atoms with Gasteiger partial charge in [-0.3, -0.25) is 0 Å². The van der Waals surface area contributed by atoms with Gasteiger partial charge in [-0.2, -0.15) is 0 Å². The van der Waals surface area contributed by atoms with Gasteiger partial charge in [-0.05, 0) is 30.7 Å². The van der Waals surface area contributed by atoms with Crippen LogP contribution in [0.15, 0.2) is 48.5 Å². The van der Waals surface area contributed by atoms with E-state index in [0.717, 1.165) is 16.9 Å². The van der Waals surface area contributed by atoms with Crippen molar-refractivity contribution in [2.75, 3.05) is 17.7 Å². The Labute approximate surface area is 118 Å². The zero-order chi connectivity index (χ0) is 14.4. The molecule has 0 aliphatic rings. The predicted octanol–water partition coefficient (Wildman–Crippen LogP) is 3.06. The normalized spacial score (nSPS) is 10.1. The van der Waals surface area contributed by atoms with Crippen molar-refractivity contribution in [1.82, 2.24) is 0 Å². The highest BCUT2D eigenvalue weighted by molar-refractivity contribution is 5.95. The molecule has 0 fully saturated rings. The maximum absolute atomic E-state index is 11.9. The molecule has 2 rings (SSSR count). The Hall–Kier alpha value is -2.49. The molecule has 0 heterocycles. The quantitative estimate of drug-likeness (QED) is 0.647. The average molecular weight is 270 g/mol. The van der Waals surface area contributed by atoms with Crippen LogP contribution in [0.2, 0.25) is 0 Å². The molecule has 2 aromatic rings. The number of rotatable bonds is 5. The lowest BCUT2D eigenvalue weighted by molar-refractivity contribution is 0.0527. The third kappa shape index (κ3) is 3.29. The van der Waals surface area contributed by atoms with Gasteiger partial charge < -0.3 is 15.8 Å². The van der Waals surface area contributed by atoms with Gasteiger partial charge in [0.1, 0.15) is 0 Å². The molecule has 4 nitrogen and oxygen atoms in total. The summed E-state index contributed by atoms with van der Waals surface area (Å²) in [5, 5.41) is 3.23. The Morgan fingerprint density at radius 3 is 2.60 bits per heavy atom. The molecule has 4 heteroatoms. The van der Waals surface area contributed by atoms with Crippen LogP contribution in [0.1, 0.15) is 22.8 Å². The maximum Gasteiger partial charge on any atom is 0.340 e. The molecule has 104 valence electrons. The van der Waals surface area contributed by atoms with Crippen molar-refractivity contribution in [3.63, 3.8) is 0 Å². The summed E-state index contributed by atoms with van der Waals surface area (Å²) in [6.07, 6.45) is 0. The van der Waals surface area contributed by atoms with Crippen LogP contribution in [-0.2, 0) is 11.3 Å². The maximum atomic E-state index is 11.9. The second-order valence-electron chi connectivity index (χ2n) is 4.32. The van der Waals surface area contributed by atoms with E-state index in [4.69, 9.17) is 10.5 Å². The molecule has 0 amide bonds. The van der Waals surface area contributed by atoms with Gasteiger partial charge in [0.25, 0.3) is 0 Å². The first kappa shape index (κ1) is 13.9. The standard InChI is InChI=1S/C16H18N2O2/c1-2-20-16(19)13-8-4-6-10-15(13)18-11-12-7-3-5-9-14(12)17/h3-10,18H,2,11,17H2,1H3. The zero-order valence-electron chi connectivity index (χ0n) is 11.4. The number of para-hydroxylation sites is 2. The van der Waals surface area contributed by atoms with Crippen LogP contribution in [0.3, 0.4) is 0 Å². The van der Waals surface area contributed by atoms with Crippen LogP contribution in [0.25, 0.3) is 0 Å². The van der Waals surface area contributed by atoms with Gasteiger partial charge in [-0.25, -0.2) is 4.79 Å². The summed E-state index contributed by atoms with van der Waals surface area (Å²) in [6, 6.07) is 14.9. The molecule has 0 saturated carbocycles. The Bertz CT molecular complexity index is 597. The molecule has 3 N–H and O–H groups in total. The second kappa shape index (κ2) is 6.61. The number of nitrogens with two attached hydrogens (primary N) is 1. The first-order valence-electron chi connectivity index (χ1n) is 6.55. The monoisotopic (exact) mass is 270 g/mol. The minimum absolute atomic E-state index is 0.323. The molecule has 0 aromatic heterocycles. The van der Waals surface area contributed by atoms with Crippen LogP contribution < -0.4 is 11.1 Å². The smallest absolute Gasteiger partial charge is 0.340 e. The van der Waals surface area contributed by atoms with E-state index in [1.807, 2.05) is 42.5 Å². The molecule has 0 radical (unpaired) electrons. The SMILES string of the molecule is CCOC(=O)c1ccccc1NCc1ccccc1N. The van der Waals surface area contributed by atoms with Crippen molar-refractivity contribution < 1.29 is 9.53 Å². The van der Waals surface area contributed by atoms with E-state index < -0.39 is 0 Å². The summed E-state index contributed by atoms with van der Waals surface area (Å²) in [5.74, 6) is -0.323. The topological polar surface area (TPSA) is 64.3 Å². The van der Waals surface area contributed by atoms with E-state index in [1.165, 1.54) is 0 Å². The van der Waals surface area contributed by atoms with Gasteiger partial charge in [0, 0.05) is 17.9 Å². The van der Waals surface area contributed by atoms with Gasteiger partial charge >= 0.3 is 5.97 Å². The lowest BCUT2D eigenvalue weighted by Gasteiger charge is -2.12. The number of hydrogen-bond donors (Lipinski definition) is 2. The van der Waals surface area contributed by atoms with Crippen molar-refractivity contribution in [2.45, 2.75) is 13.5 Å². The number of ether oxygens (including phenoxy) is 1. The number of carbonyl (C=O) groups excluding carboxylic acids is 1. The molecular formula is C16H18N2O2. The van der Waals surface area contributed by atoms with E-state index in [2.05, 4.69) is 5.32 Å². The molecule has 20 heavy (non-hydrogen) atoms. The molecule has 0 unspecified atom stereocenters. The number of esters is 1. The first-order chi connectivity index (χ1) is 9.72. The van der Waals surface area contributed by atoms with E-state index >= 15 is 0 Å². The van der Waals surface area contributed by atoms with Gasteiger partial charge in [-0.15, -0.1) is 0 Å². The highest BCUT2D eigenvalue weighted by atomic mass is 16.5. The van der Waals surface area contributed by atoms with Crippen molar-refractivity contribution in [2.24, 2.45) is 0 Å². The fraction of sp³-hybridized carbons (Fsp3) is 0.188. The van der Waals surface area contributed by atoms with E-state index in [1.54, 1.807) is 13.0 Å². The largest absolute Gasteiger partial charge is 0.462 e.